The van der Waals surface area contributed by atoms with E-state index in [1.807, 2.05) is 85.1 Å². The number of pyridine rings is 1. The average molecular weight is 564 g/mol. The fourth-order valence-electron chi connectivity index (χ4n) is 5.84. The summed E-state index contributed by atoms with van der Waals surface area (Å²) >= 11 is 5.83. The Balaban J connectivity index is 1.32. The van der Waals surface area contributed by atoms with Crippen molar-refractivity contribution in [2.45, 2.75) is 32.4 Å². The second-order valence-electron chi connectivity index (χ2n) is 10.3. The van der Waals surface area contributed by atoms with E-state index in [9.17, 15) is 9.18 Å². The van der Waals surface area contributed by atoms with Gasteiger partial charge >= 0.3 is 0 Å². The molecule has 0 aliphatic carbocycles. The molecule has 0 saturated carbocycles. The maximum Gasteiger partial charge on any atom is 0.226 e. The van der Waals surface area contributed by atoms with E-state index < -0.39 is 0 Å². The van der Waals surface area contributed by atoms with E-state index in [2.05, 4.69) is 26.6 Å². The molecule has 2 aromatic heterocycles. The van der Waals surface area contributed by atoms with E-state index in [1.165, 1.54) is 6.07 Å². The van der Waals surface area contributed by atoms with Crippen LogP contribution in [0.4, 0.5) is 10.1 Å². The zero-order chi connectivity index (χ0) is 28.5. The van der Waals surface area contributed by atoms with Gasteiger partial charge in [0, 0.05) is 41.6 Å². The highest BCUT2D eigenvalue weighted by molar-refractivity contribution is 7.80. The van der Waals surface area contributed by atoms with Crippen LogP contribution in [0.5, 0.6) is 0 Å². The summed E-state index contributed by atoms with van der Waals surface area (Å²) < 4.78 is 16.8. The van der Waals surface area contributed by atoms with Crippen LogP contribution >= 0.6 is 12.2 Å². The minimum absolute atomic E-state index is 0.0963. The topological polar surface area (TPSA) is 62.2 Å². The van der Waals surface area contributed by atoms with Crippen molar-refractivity contribution in [3.8, 4) is 5.69 Å². The lowest BCUT2D eigenvalue weighted by Crippen LogP contribution is -2.33. The third kappa shape index (κ3) is 5.07. The molecule has 0 spiro atoms. The molecule has 2 atom stereocenters. The van der Waals surface area contributed by atoms with E-state index in [0.717, 1.165) is 39.1 Å². The molecule has 41 heavy (non-hydrogen) atoms. The average Bonchev–Trinajstić information content (AvgIpc) is 3.47. The number of hydrogen-bond acceptors (Lipinski definition) is 3. The number of para-hydroxylation sites is 1. The minimum atomic E-state index is -0.288. The quantitative estimate of drug-likeness (QED) is 0.214. The molecule has 1 aliphatic heterocycles. The van der Waals surface area contributed by atoms with Gasteiger partial charge in [-0.2, -0.15) is 0 Å². The lowest BCUT2D eigenvalue weighted by molar-refractivity contribution is -0.116. The predicted molar refractivity (Wildman–Crippen MR) is 165 cm³/mol. The number of carbonyl (C=O) groups excluding carboxylic acids is 1. The summed E-state index contributed by atoms with van der Waals surface area (Å²) in [6.45, 7) is 4.37. The first-order valence-electron chi connectivity index (χ1n) is 13.6. The number of nitrogens with zero attached hydrogens (tertiary/aromatic N) is 3. The van der Waals surface area contributed by atoms with Gasteiger partial charge in [0.25, 0.3) is 0 Å². The summed E-state index contributed by atoms with van der Waals surface area (Å²) in [7, 11) is 0. The van der Waals surface area contributed by atoms with Gasteiger partial charge in [0.15, 0.2) is 5.11 Å². The molecule has 2 N–H and O–H groups in total. The van der Waals surface area contributed by atoms with Crippen LogP contribution in [0.3, 0.4) is 0 Å². The maximum atomic E-state index is 14.9. The molecule has 3 aromatic carbocycles. The molecule has 6 nitrogen and oxygen atoms in total. The Morgan fingerprint density at radius 1 is 1.00 bits per heavy atom. The molecule has 1 amide bonds. The fourth-order valence-corrected chi connectivity index (χ4v) is 6.18. The van der Waals surface area contributed by atoms with Crippen molar-refractivity contribution in [3.05, 3.63) is 126 Å². The number of aromatic nitrogens is 2. The van der Waals surface area contributed by atoms with Crippen LogP contribution < -0.4 is 10.6 Å². The Hall–Kier alpha value is -4.56. The number of halogens is 1. The summed E-state index contributed by atoms with van der Waals surface area (Å²) in [5, 5.41) is 9.16. The largest absolute Gasteiger partial charge is 0.352 e. The van der Waals surface area contributed by atoms with Gasteiger partial charge in [-0.15, -0.1) is 0 Å². The number of rotatable bonds is 7. The van der Waals surface area contributed by atoms with Gasteiger partial charge in [-0.25, -0.2) is 4.39 Å². The first kappa shape index (κ1) is 26.7. The van der Waals surface area contributed by atoms with Crippen molar-refractivity contribution >= 4 is 39.7 Å². The van der Waals surface area contributed by atoms with Gasteiger partial charge < -0.3 is 20.1 Å². The molecule has 3 heterocycles. The van der Waals surface area contributed by atoms with Crippen LogP contribution in [0.25, 0.3) is 16.5 Å². The third-order valence-corrected chi connectivity index (χ3v) is 8.08. The lowest BCUT2D eigenvalue weighted by atomic mass is 9.96. The van der Waals surface area contributed by atoms with E-state index in [0.29, 0.717) is 17.3 Å². The van der Waals surface area contributed by atoms with Crippen molar-refractivity contribution in [2.75, 3.05) is 11.9 Å². The standard InChI is InChI=1S/C33H30FN5OS/c1-21-20-25(22(2)39(21)29-16-6-5-13-26(29)34)32-31(28-14-7-8-18-35-28)37-33(41)38(32)19-17-30(40)36-27-15-9-11-23-10-3-4-12-24(23)27/h3-16,18,20,31-32H,17,19H2,1-2H3,(H,36,40)(H,37,41)/t31-,32-/m1/s1. The van der Waals surface area contributed by atoms with Crippen LogP contribution in [0.1, 0.15) is 41.1 Å². The number of hydrogen-bond donors (Lipinski definition) is 2. The lowest BCUT2D eigenvalue weighted by Gasteiger charge is -2.28. The van der Waals surface area contributed by atoms with Crippen LogP contribution in [0.2, 0.25) is 0 Å². The normalized spacial score (nSPS) is 16.7. The highest BCUT2D eigenvalue weighted by atomic mass is 32.1. The fraction of sp³-hybridized carbons (Fsp3) is 0.182. The highest BCUT2D eigenvalue weighted by Crippen LogP contribution is 2.41. The second-order valence-corrected chi connectivity index (χ2v) is 10.6. The molecule has 206 valence electrons. The summed E-state index contributed by atoms with van der Waals surface area (Å²) in [6.07, 6.45) is 2.00. The minimum Gasteiger partial charge on any atom is -0.352 e. The third-order valence-electron chi connectivity index (χ3n) is 7.72. The van der Waals surface area contributed by atoms with Gasteiger partial charge in [0.2, 0.25) is 5.91 Å². The monoisotopic (exact) mass is 563 g/mol. The summed E-state index contributed by atoms with van der Waals surface area (Å²) in [5.41, 5.74) is 4.95. The van der Waals surface area contributed by atoms with Crippen molar-refractivity contribution in [3.63, 3.8) is 0 Å². The number of nitrogens with one attached hydrogen (secondary N) is 2. The van der Waals surface area contributed by atoms with Crippen LogP contribution in [0.15, 0.2) is 97.2 Å². The molecule has 0 unspecified atom stereocenters. The molecule has 6 rings (SSSR count). The van der Waals surface area contributed by atoms with E-state index in [4.69, 9.17) is 12.2 Å². The first-order valence-corrected chi connectivity index (χ1v) is 14.0. The van der Waals surface area contributed by atoms with Crippen LogP contribution in [-0.2, 0) is 4.79 Å². The summed E-state index contributed by atoms with van der Waals surface area (Å²) in [5.74, 6) is -0.384. The molecule has 1 fully saturated rings. The smallest absolute Gasteiger partial charge is 0.226 e. The van der Waals surface area contributed by atoms with Gasteiger partial charge in [0.1, 0.15) is 5.82 Å². The van der Waals surface area contributed by atoms with E-state index in [-0.39, 0.29) is 30.2 Å². The molecular formula is C33H30FN5OS. The van der Waals surface area contributed by atoms with Gasteiger partial charge in [-0.1, -0.05) is 54.6 Å². The number of anilines is 1. The molecule has 8 heteroatoms. The predicted octanol–water partition coefficient (Wildman–Crippen LogP) is 6.78. The van der Waals surface area contributed by atoms with Gasteiger partial charge in [-0.3, -0.25) is 9.78 Å². The second kappa shape index (κ2) is 11.1. The number of aryl methyl sites for hydroxylation is 1. The Kier molecular flexibility index (Phi) is 7.24. The Bertz CT molecular complexity index is 1750. The zero-order valence-corrected chi connectivity index (χ0v) is 23.7. The molecular weight excluding hydrogens is 533 g/mol. The van der Waals surface area contributed by atoms with E-state index in [1.54, 1.807) is 18.3 Å². The first-order chi connectivity index (χ1) is 19.9. The molecule has 1 aliphatic rings. The van der Waals surface area contributed by atoms with E-state index >= 15 is 0 Å². The molecule has 0 radical (unpaired) electrons. The molecule has 0 bridgehead atoms. The number of thiocarbonyl (C=S) groups is 1. The SMILES string of the molecule is Cc1cc([C@@H]2[C@@H](c3ccccn3)NC(=S)N2CCC(=O)Nc2cccc3ccccc23)c(C)n1-c1ccccc1F. The van der Waals surface area contributed by atoms with Gasteiger partial charge in [0.05, 0.1) is 23.5 Å². The Morgan fingerprint density at radius 3 is 2.56 bits per heavy atom. The maximum absolute atomic E-state index is 14.9. The van der Waals surface area contributed by atoms with Crippen LogP contribution in [0, 0.1) is 19.7 Å². The van der Waals surface area contributed by atoms with Crippen molar-refractivity contribution < 1.29 is 9.18 Å². The Morgan fingerprint density at radius 2 is 1.76 bits per heavy atom. The zero-order valence-electron chi connectivity index (χ0n) is 22.8. The number of amides is 1. The highest BCUT2D eigenvalue weighted by Gasteiger charge is 2.41. The number of benzene rings is 3. The number of carbonyl (C=O) groups is 1. The van der Waals surface area contributed by atoms with Crippen LogP contribution in [-0.4, -0.2) is 32.0 Å². The number of fused-ring (bicyclic) bond motifs is 1. The molecule has 5 aromatic rings. The van der Waals surface area contributed by atoms with Crippen molar-refractivity contribution in [2.24, 2.45) is 0 Å². The van der Waals surface area contributed by atoms with Gasteiger partial charge in [-0.05, 0) is 73.4 Å². The summed E-state index contributed by atoms with van der Waals surface area (Å²) in [4.78, 5) is 19.9. The Labute approximate surface area is 243 Å². The van der Waals surface area contributed by atoms with Crippen molar-refractivity contribution in [1.29, 1.82) is 0 Å². The molecule has 1 saturated heterocycles. The van der Waals surface area contributed by atoms with Crippen molar-refractivity contribution in [1.82, 2.24) is 19.8 Å². The summed E-state index contributed by atoms with van der Waals surface area (Å²) in [6, 6.07) is 28.0.